The largest absolute Gasteiger partial charge is 0.319 e. The van der Waals surface area contributed by atoms with Crippen LogP contribution < -0.4 is 5.32 Å². The first-order chi connectivity index (χ1) is 9.38. The predicted molar refractivity (Wildman–Crippen MR) is 82.4 cm³/mol. The summed E-state index contributed by atoms with van der Waals surface area (Å²) in [6, 6.07) is 9.20. The highest BCUT2D eigenvalue weighted by Crippen LogP contribution is 2.14. The zero-order valence-electron chi connectivity index (χ0n) is 12.3. The van der Waals surface area contributed by atoms with Gasteiger partial charge in [-0.3, -0.25) is 4.90 Å². The van der Waals surface area contributed by atoms with Crippen molar-refractivity contribution in [2.75, 3.05) is 26.7 Å². The van der Waals surface area contributed by atoms with Gasteiger partial charge in [-0.2, -0.15) is 0 Å². The van der Waals surface area contributed by atoms with Crippen LogP contribution in [0.5, 0.6) is 0 Å². The van der Waals surface area contributed by atoms with E-state index >= 15 is 0 Å². The van der Waals surface area contributed by atoms with E-state index in [1.54, 1.807) is 0 Å². The molecule has 2 rings (SSSR count). The molecule has 0 aromatic heterocycles. The Morgan fingerprint density at radius 2 is 1.47 bits per heavy atom. The van der Waals surface area contributed by atoms with E-state index < -0.39 is 0 Å². The van der Waals surface area contributed by atoms with Crippen molar-refractivity contribution in [2.45, 2.75) is 45.1 Å². The molecule has 1 heterocycles. The molecule has 0 amide bonds. The highest BCUT2D eigenvalue weighted by molar-refractivity contribution is 5.22. The van der Waals surface area contributed by atoms with Crippen LogP contribution in [0.3, 0.4) is 0 Å². The van der Waals surface area contributed by atoms with Crippen LogP contribution in [0.25, 0.3) is 0 Å². The lowest BCUT2D eigenvalue weighted by molar-refractivity contribution is 0.240. The standard InChI is InChI=1S/C17H28N2/c1-18-12-11-16-7-9-17(10-8-16)15-19-13-5-3-2-4-6-14-19/h7-10,18H,2-6,11-15H2,1H3. The van der Waals surface area contributed by atoms with Gasteiger partial charge in [-0.05, 0) is 57.1 Å². The van der Waals surface area contributed by atoms with Crippen molar-refractivity contribution in [3.8, 4) is 0 Å². The maximum atomic E-state index is 3.20. The Morgan fingerprint density at radius 1 is 0.895 bits per heavy atom. The van der Waals surface area contributed by atoms with Crippen LogP contribution in [0.2, 0.25) is 0 Å². The Labute approximate surface area is 118 Å². The van der Waals surface area contributed by atoms with Gasteiger partial charge in [0.1, 0.15) is 0 Å². The molecule has 0 radical (unpaired) electrons. The van der Waals surface area contributed by atoms with Crippen molar-refractivity contribution in [3.05, 3.63) is 35.4 Å². The maximum absolute atomic E-state index is 3.20. The van der Waals surface area contributed by atoms with Gasteiger partial charge < -0.3 is 5.32 Å². The summed E-state index contributed by atoms with van der Waals surface area (Å²) in [5, 5.41) is 3.20. The molecule has 2 nitrogen and oxygen atoms in total. The number of benzene rings is 1. The normalized spacial score (nSPS) is 17.9. The van der Waals surface area contributed by atoms with Gasteiger partial charge in [-0.25, -0.2) is 0 Å². The average Bonchev–Trinajstić information content (AvgIpc) is 2.41. The number of hydrogen-bond donors (Lipinski definition) is 1. The highest BCUT2D eigenvalue weighted by Gasteiger charge is 2.08. The molecule has 0 aliphatic carbocycles. The number of nitrogens with zero attached hydrogens (tertiary/aromatic N) is 1. The molecule has 106 valence electrons. The summed E-state index contributed by atoms with van der Waals surface area (Å²) in [5.41, 5.74) is 2.90. The summed E-state index contributed by atoms with van der Waals surface area (Å²) < 4.78 is 0. The molecule has 0 bridgehead atoms. The molecule has 1 N–H and O–H groups in total. The smallest absolute Gasteiger partial charge is 0.0233 e. The van der Waals surface area contributed by atoms with E-state index in [1.807, 2.05) is 7.05 Å². The Kier molecular flexibility index (Phi) is 6.38. The summed E-state index contributed by atoms with van der Waals surface area (Å²) in [6.07, 6.45) is 8.15. The first-order valence-electron chi connectivity index (χ1n) is 7.83. The van der Waals surface area contributed by atoms with Gasteiger partial charge in [0.05, 0.1) is 0 Å². The van der Waals surface area contributed by atoms with E-state index in [4.69, 9.17) is 0 Å². The quantitative estimate of drug-likeness (QED) is 0.874. The molecular formula is C17H28N2. The lowest BCUT2D eigenvalue weighted by Gasteiger charge is -2.24. The minimum absolute atomic E-state index is 1.06. The second kappa shape index (κ2) is 8.34. The van der Waals surface area contributed by atoms with Crippen LogP contribution in [0.4, 0.5) is 0 Å². The van der Waals surface area contributed by atoms with Crippen molar-refractivity contribution < 1.29 is 0 Å². The van der Waals surface area contributed by atoms with E-state index in [9.17, 15) is 0 Å². The molecule has 2 heteroatoms. The number of likely N-dealkylation sites (N-methyl/N-ethyl adjacent to an activating group) is 1. The first-order valence-corrected chi connectivity index (χ1v) is 7.83. The molecular weight excluding hydrogens is 232 g/mol. The van der Waals surface area contributed by atoms with Crippen molar-refractivity contribution in [3.63, 3.8) is 0 Å². The summed E-state index contributed by atoms with van der Waals surface area (Å²) in [7, 11) is 2.01. The van der Waals surface area contributed by atoms with E-state index in [2.05, 4.69) is 34.5 Å². The zero-order valence-corrected chi connectivity index (χ0v) is 12.3. The van der Waals surface area contributed by atoms with Crippen molar-refractivity contribution >= 4 is 0 Å². The Bertz CT molecular complexity index is 337. The molecule has 1 saturated heterocycles. The Balaban J connectivity index is 1.83. The monoisotopic (exact) mass is 260 g/mol. The average molecular weight is 260 g/mol. The summed E-state index contributed by atoms with van der Waals surface area (Å²) >= 11 is 0. The first kappa shape index (κ1) is 14.5. The number of likely N-dealkylation sites (tertiary alicyclic amines) is 1. The summed E-state index contributed by atoms with van der Waals surface area (Å²) in [5.74, 6) is 0. The van der Waals surface area contributed by atoms with E-state index in [0.717, 1.165) is 19.5 Å². The van der Waals surface area contributed by atoms with Crippen LogP contribution in [-0.4, -0.2) is 31.6 Å². The third kappa shape index (κ3) is 5.33. The second-order valence-electron chi connectivity index (χ2n) is 5.71. The number of nitrogens with one attached hydrogen (secondary N) is 1. The van der Waals surface area contributed by atoms with Crippen LogP contribution in [0.1, 0.15) is 43.2 Å². The maximum Gasteiger partial charge on any atom is 0.0233 e. The van der Waals surface area contributed by atoms with Gasteiger partial charge in [0.15, 0.2) is 0 Å². The molecule has 1 aliphatic rings. The molecule has 0 saturated carbocycles. The van der Waals surface area contributed by atoms with Gasteiger partial charge in [0.2, 0.25) is 0 Å². The van der Waals surface area contributed by atoms with Crippen molar-refractivity contribution in [2.24, 2.45) is 0 Å². The lowest BCUT2D eigenvalue weighted by atomic mass is 10.1. The van der Waals surface area contributed by atoms with Crippen LogP contribution >= 0.6 is 0 Å². The molecule has 0 spiro atoms. The van der Waals surface area contributed by atoms with Gasteiger partial charge >= 0.3 is 0 Å². The molecule has 19 heavy (non-hydrogen) atoms. The van der Waals surface area contributed by atoms with Gasteiger partial charge in [0.25, 0.3) is 0 Å². The second-order valence-corrected chi connectivity index (χ2v) is 5.71. The van der Waals surface area contributed by atoms with E-state index in [0.29, 0.717) is 0 Å². The zero-order chi connectivity index (χ0) is 13.3. The molecule has 1 aromatic rings. The number of hydrogen-bond acceptors (Lipinski definition) is 2. The van der Waals surface area contributed by atoms with Crippen molar-refractivity contribution in [1.29, 1.82) is 0 Å². The third-order valence-electron chi connectivity index (χ3n) is 4.04. The van der Waals surface area contributed by atoms with Gasteiger partial charge in [-0.15, -0.1) is 0 Å². The minimum atomic E-state index is 1.06. The molecule has 0 atom stereocenters. The fraction of sp³-hybridized carbons (Fsp3) is 0.647. The van der Waals surface area contributed by atoms with E-state index in [-0.39, 0.29) is 0 Å². The molecule has 0 unspecified atom stereocenters. The Hall–Kier alpha value is -0.860. The molecule has 1 aromatic carbocycles. The highest BCUT2D eigenvalue weighted by atomic mass is 15.1. The minimum Gasteiger partial charge on any atom is -0.319 e. The fourth-order valence-electron chi connectivity index (χ4n) is 2.81. The van der Waals surface area contributed by atoms with Crippen LogP contribution in [0, 0.1) is 0 Å². The number of rotatable bonds is 5. The van der Waals surface area contributed by atoms with Crippen LogP contribution in [0.15, 0.2) is 24.3 Å². The lowest BCUT2D eigenvalue weighted by Crippen LogP contribution is -2.26. The van der Waals surface area contributed by atoms with Gasteiger partial charge in [0, 0.05) is 6.54 Å². The van der Waals surface area contributed by atoms with Crippen molar-refractivity contribution in [1.82, 2.24) is 10.2 Å². The Morgan fingerprint density at radius 3 is 2.11 bits per heavy atom. The van der Waals surface area contributed by atoms with Gasteiger partial charge in [-0.1, -0.05) is 43.5 Å². The van der Waals surface area contributed by atoms with E-state index in [1.165, 1.54) is 56.3 Å². The predicted octanol–water partition coefficient (Wildman–Crippen LogP) is 3.21. The molecule has 1 fully saturated rings. The SMILES string of the molecule is CNCCc1ccc(CN2CCCCCCC2)cc1. The van der Waals surface area contributed by atoms with Crippen LogP contribution in [-0.2, 0) is 13.0 Å². The summed E-state index contributed by atoms with van der Waals surface area (Å²) in [6.45, 7) is 4.75. The topological polar surface area (TPSA) is 15.3 Å². The fourth-order valence-corrected chi connectivity index (χ4v) is 2.81. The summed E-state index contributed by atoms with van der Waals surface area (Å²) in [4.78, 5) is 2.63. The molecule has 1 aliphatic heterocycles. The third-order valence-corrected chi connectivity index (χ3v) is 4.04.